The number of fused-ring (bicyclic) bond motifs is 11. The van der Waals surface area contributed by atoms with Gasteiger partial charge in [0.25, 0.3) is 0 Å². The Bertz CT molecular complexity index is 5350. The Morgan fingerprint density at radius 2 is 0.821 bits per heavy atom. The SMILES string of the molecule is CCCCCC(CC)(Oc1cc(Oc2ccc(-c3c4nc(c(-c5ccccc5)c5ccc([nH]5)c(-c5ccccc5)c5nc(c(-c6ccccc6)c6ccc3[nH]6)C=C5)C=C4)cc2)c(C(CC)(CCCCC)Oc2ccccc2)cc1CC(CC)CCCC)c1ccc(-n2c3ccccc3c3ccccc32)cc1. The Balaban J connectivity index is 0.912. The summed E-state index contributed by atoms with van der Waals surface area (Å²) >= 11 is 0. The van der Waals surface area contributed by atoms with Crippen molar-refractivity contribution in [3.8, 4) is 73.2 Å². The van der Waals surface area contributed by atoms with E-state index in [2.05, 4.69) is 335 Å². The van der Waals surface area contributed by atoms with Crippen molar-refractivity contribution in [3.05, 3.63) is 294 Å². The highest BCUT2D eigenvalue weighted by Gasteiger charge is 2.39. The molecule has 15 rings (SSSR count). The van der Waals surface area contributed by atoms with Crippen LogP contribution in [-0.2, 0) is 17.6 Å². The van der Waals surface area contributed by atoms with Gasteiger partial charge in [0.2, 0.25) is 0 Å². The molecule has 8 heteroatoms. The number of ether oxygens (including phenoxy) is 3. The highest BCUT2D eigenvalue weighted by molar-refractivity contribution is 6.09. The van der Waals surface area contributed by atoms with Gasteiger partial charge in [-0.1, -0.05) is 263 Å². The molecule has 0 saturated carbocycles. The molecule has 0 radical (unpaired) electrons. The number of para-hydroxylation sites is 3. The largest absolute Gasteiger partial charge is 0.482 e. The third-order valence-electron chi connectivity index (χ3n) is 22.1. The van der Waals surface area contributed by atoms with E-state index in [0.29, 0.717) is 11.7 Å². The smallest absolute Gasteiger partial charge is 0.138 e. The number of benzene rings is 9. The van der Waals surface area contributed by atoms with Crippen LogP contribution in [-0.4, -0.2) is 24.5 Å². The topological polar surface area (TPSA) is 90.0 Å². The molecule has 8 bridgehead atoms. The van der Waals surface area contributed by atoms with E-state index in [9.17, 15) is 0 Å². The fraction of sp³-hybridized carbons (Fsp3) is 0.245. The van der Waals surface area contributed by atoms with Gasteiger partial charge in [0, 0.05) is 72.4 Å². The molecule has 0 saturated heterocycles. The Morgan fingerprint density at radius 3 is 1.27 bits per heavy atom. The van der Waals surface area contributed by atoms with Gasteiger partial charge < -0.3 is 28.7 Å². The molecule has 8 nitrogen and oxygen atoms in total. The molecule has 2 N–H and O–H groups in total. The van der Waals surface area contributed by atoms with Crippen molar-refractivity contribution in [1.82, 2.24) is 24.5 Å². The van der Waals surface area contributed by atoms with Gasteiger partial charge in [-0.05, 0) is 187 Å². The molecule has 2 aliphatic rings. The van der Waals surface area contributed by atoms with Crippen molar-refractivity contribution in [2.24, 2.45) is 5.92 Å². The van der Waals surface area contributed by atoms with E-state index in [-0.39, 0.29) is 0 Å². The lowest BCUT2D eigenvalue weighted by molar-refractivity contribution is 0.0430. The van der Waals surface area contributed by atoms with Gasteiger partial charge in [0.05, 0.1) is 33.8 Å². The minimum Gasteiger partial charge on any atom is -0.482 e. The molecular formula is C98H97N5O3. The van der Waals surface area contributed by atoms with Crippen molar-refractivity contribution in [1.29, 1.82) is 0 Å². The van der Waals surface area contributed by atoms with Crippen LogP contribution < -0.4 is 14.2 Å². The number of hydrogen-bond acceptors (Lipinski definition) is 5. The van der Waals surface area contributed by atoms with Crippen LogP contribution in [0.5, 0.6) is 23.0 Å². The second kappa shape index (κ2) is 32.0. The van der Waals surface area contributed by atoms with Crippen LogP contribution in [0.4, 0.5) is 0 Å². The molecule has 532 valence electrons. The summed E-state index contributed by atoms with van der Waals surface area (Å²) in [4.78, 5) is 19.1. The van der Waals surface area contributed by atoms with E-state index in [1.807, 2.05) is 0 Å². The Kier molecular flexibility index (Phi) is 21.3. The predicted molar refractivity (Wildman–Crippen MR) is 445 cm³/mol. The van der Waals surface area contributed by atoms with Crippen molar-refractivity contribution in [3.63, 3.8) is 0 Å². The van der Waals surface area contributed by atoms with Gasteiger partial charge in [-0.3, -0.25) is 0 Å². The number of hydrogen-bond donors (Lipinski definition) is 2. The summed E-state index contributed by atoms with van der Waals surface area (Å²) in [5, 5.41) is 2.50. The van der Waals surface area contributed by atoms with E-state index in [1.165, 1.54) is 39.4 Å². The maximum atomic E-state index is 8.10. The minimum atomic E-state index is -0.753. The zero-order chi connectivity index (χ0) is 72.4. The molecule has 4 aromatic heterocycles. The number of aromatic nitrogens is 5. The molecule has 3 unspecified atom stereocenters. The first kappa shape index (κ1) is 70.4. The summed E-state index contributed by atoms with van der Waals surface area (Å²) in [7, 11) is 0. The maximum Gasteiger partial charge on any atom is 0.138 e. The first-order valence-electron chi connectivity index (χ1n) is 39.0. The fourth-order valence-corrected chi connectivity index (χ4v) is 16.4. The minimum absolute atomic E-state index is 0.445. The molecule has 0 fully saturated rings. The monoisotopic (exact) mass is 1390 g/mol. The number of rotatable bonds is 29. The summed E-state index contributed by atoms with van der Waals surface area (Å²) < 4.78 is 25.8. The van der Waals surface area contributed by atoms with E-state index < -0.39 is 11.2 Å². The molecule has 3 atom stereocenters. The number of unbranched alkanes of at least 4 members (excludes halogenated alkanes) is 5. The van der Waals surface area contributed by atoms with Gasteiger partial charge >= 0.3 is 0 Å². The highest BCUT2D eigenvalue weighted by atomic mass is 16.5. The van der Waals surface area contributed by atoms with Gasteiger partial charge in [-0.2, -0.15) is 0 Å². The normalized spacial score (nSPS) is 13.4. The van der Waals surface area contributed by atoms with Crippen molar-refractivity contribution < 1.29 is 14.2 Å². The number of nitrogens with one attached hydrogen (secondary N) is 2. The quantitative estimate of drug-likeness (QED) is 0.0456. The zero-order valence-electron chi connectivity index (χ0n) is 62.3. The Labute approximate surface area is 625 Å². The summed E-state index contributed by atoms with van der Waals surface area (Å²) in [6.07, 6.45) is 23.6. The van der Waals surface area contributed by atoms with Crippen LogP contribution in [0.1, 0.15) is 171 Å². The van der Waals surface area contributed by atoms with Crippen LogP contribution >= 0.6 is 0 Å². The summed E-state index contributed by atoms with van der Waals surface area (Å²) in [5.74, 6) is 3.58. The fourth-order valence-electron chi connectivity index (χ4n) is 16.4. The van der Waals surface area contributed by atoms with Crippen LogP contribution in [0.2, 0.25) is 0 Å². The van der Waals surface area contributed by atoms with Gasteiger partial charge in [0.1, 0.15) is 34.2 Å². The van der Waals surface area contributed by atoms with Crippen LogP contribution in [0.3, 0.4) is 0 Å². The lowest BCUT2D eigenvalue weighted by Gasteiger charge is -2.38. The summed E-state index contributed by atoms with van der Waals surface area (Å²) in [6, 6.07) is 91.3. The van der Waals surface area contributed by atoms with Crippen molar-refractivity contribution >= 4 is 68.2 Å². The van der Waals surface area contributed by atoms with Gasteiger partial charge in [-0.25, -0.2) is 9.97 Å². The van der Waals surface area contributed by atoms with Crippen molar-refractivity contribution in [2.75, 3.05) is 0 Å². The second-order valence-electron chi connectivity index (χ2n) is 28.8. The lowest BCUT2D eigenvalue weighted by Crippen LogP contribution is -2.35. The van der Waals surface area contributed by atoms with Crippen LogP contribution in [0.15, 0.2) is 255 Å². The molecule has 0 aliphatic carbocycles. The summed E-state index contributed by atoms with van der Waals surface area (Å²) in [6.45, 7) is 13.9. The molecule has 0 amide bonds. The third kappa shape index (κ3) is 14.4. The Hall–Kier alpha value is -11.2. The molecule has 9 aromatic carbocycles. The molecular weight excluding hydrogens is 1300 g/mol. The highest BCUT2D eigenvalue weighted by Crippen LogP contribution is 2.49. The third-order valence-corrected chi connectivity index (χ3v) is 22.1. The van der Waals surface area contributed by atoms with Gasteiger partial charge in [-0.15, -0.1) is 0 Å². The van der Waals surface area contributed by atoms with E-state index >= 15 is 0 Å². The predicted octanol–water partition coefficient (Wildman–Crippen LogP) is 27.5. The first-order chi connectivity index (χ1) is 52.2. The van der Waals surface area contributed by atoms with E-state index in [4.69, 9.17) is 24.2 Å². The van der Waals surface area contributed by atoms with Gasteiger partial charge in [0.15, 0.2) is 0 Å². The Morgan fingerprint density at radius 1 is 0.387 bits per heavy atom. The van der Waals surface area contributed by atoms with Crippen LogP contribution in [0.25, 0.3) is 118 Å². The molecule has 106 heavy (non-hydrogen) atoms. The molecule has 13 aromatic rings. The van der Waals surface area contributed by atoms with Crippen LogP contribution in [0, 0.1) is 5.92 Å². The average Bonchev–Trinajstić information content (AvgIpc) is 1.68. The summed E-state index contributed by atoms with van der Waals surface area (Å²) in [5.41, 5.74) is 20.8. The lowest BCUT2D eigenvalue weighted by atomic mass is 9.81. The number of nitrogens with zero attached hydrogens (tertiary/aromatic N) is 3. The molecule has 2 aliphatic heterocycles. The second-order valence-corrected chi connectivity index (χ2v) is 28.8. The first-order valence-corrected chi connectivity index (χ1v) is 39.0. The molecule has 6 heterocycles. The average molecular weight is 1390 g/mol. The molecule has 0 spiro atoms. The number of H-pyrrole nitrogens is 2. The van der Waals surface area contributed by atoms with Crippen molar-refractivity contribution in [2.45, 2.75) is 149 Å². The zero-order valence-corrected chi connectivity index (χ0v) is 62.3. The van der Waals surface area contributed by atoms with E-state index in [1.54, 1.807) is 0 Å². The standard InChI is InChI=1S/C98H97N5O3/c1-7-13-32-63-97(11-5,74-49-51-75(52-50-74)103-89-45-30-28-43-78(89)79-44-29-31-46-90(79)103)106-91-67-92(80(66-73(91)65-68(10-4)34-15-9-3)98(12-6,64-33-14-8-2)105-77-41-26-19-27-42-77)104-76-53-47-72(48-54-76)96-87-61-59-85(101-87)94(70-37-22-17-23-38-70)83-57-55-81(99-83)93(69-35-20-16-21-36-69)82-56-58-84(100-82)95(71-39-24-18-25-40-71)86-60-62-88(96)102-86/h16-31,35-62,66-68,99,102H,7-15,32-34,63-65H2,1-6H3. The number of aromatic amines is 2. The maximum absolute atomic E-state index is 8.10. The van der Waals surface area contributed by atoms with E-state index in [0.717, 1.165) is 208 Å².